The number of carbonyl (C=O) groups excluding carboxylic acids is 4. The number of unbranched alkanes of at least 4 members (excludes halogenated alkanes) is 16. The highest BCUT2D eigenvalue weighted by Gasteiger charge is 2.51. The topological polar surface area (TPSA) is 112 Å². The third-order valence-corrected chi connectivity index (χ3v) is 8.47. The molecule has 1 aliphatic heterocycles. The average Bonchev–Trinajstić information content (AvgIpc) is 3.27. The molecule has 48 heavy (non-hydrogen) atoms. The summed E-state index contributed by atoms with van der Waals surface area (Å²) in [5.41, 5.74) is -1.48. The van der Waals surface area contributed by atoms with Gasteiger partial charge in [-0.25, -0.2) is 0 Å². The Morgan fingerprint density at radius 2 is 1.06 bits per heavy atom. The normalized spacial score (nSPS) is 17.7. The summed E-state index contributed by atoms with van der Waals surface area (Å²) in [5.74, 6) is -1.90. The Kier molecular flexibility index (Phi) is 23.4. The van der Waals surface area contributed by atoms with E-state index < -0.39 is 29.8 Å². The quantitative estimate of drug-likeness (QED) is 0.0447. The molecule has 0 spiro atoms. The predicted molar refractivity (Wildman–Crippen MR) is 189 cm³/mol. The van der Waals surface area contributed by atoms with E-state index in [0.717, 1.165) is 38.5 Å². The fourth-order valence-electron chi connectivity index (χ4n) is 5.76. The van der Waals surface area contributed by atoms with Crippen molar-refractivity contribution in [2.75, 3.05) is 47.9 Å². The fraction of sp³-hybridized carbons (Fsp3) is 0.842. The Balaban J connectivity index is 3.07. The van der Waals surface area contributed by atoms with Crippen molar-refractivity contribution in [1.82, 2.24) is 9.80 Å². The van der Waals surface area contributed by atoms with Gasteiger partial charge in [-0.2, -0.15) is 0 Å². The first-order valence-corrected chi connectivity index (χ1v) is 18.7. The van der Waals surface area contributed by atoms with Crippen molar-refractivity contribution in [3.05, 3.63) is 11.3 Å². The maximum Gasteiger partial charge on any atom is 0.322 e. The van der Waals surface area contributed by atoms with E-state index in [-0.39, 0.29) is 49.7 Å². The molecule has 1 rings (SSSR count). The molecule has 0 fully saturated rings. The predicted octanol–water partition coefficient (Wildman–Crippen LogP) is 7.52. The number of esters is 3. The van der Waals surface area contributed by atoms with Crippen molar-refractivity contribution >= 4 is 23.7 Å². The van der Waals surface area contributed by atoms with Gasteiger partial charge >= 0.3 is 17.9 Å². The summed E-state index contributed by atoms with van der Waals surface area (Å²) in [7, 11) is 6.96. The first-order chi connectivity index (χ1) is 22.9. The molecule has 0 saturated carbocycles. The van der Waals surface area contributed by atoms with Crippen molar-refractivity contribution in [3.63, 3.8) is 0 Å². The number of carbonyl (C=O) groups is 4. The van der Waals surface area contributed by atoms with Gasteiger partial charge in [-0.05, 0) is 48.0 Å². The van der Waals surface area contributed by atoms with Gasteiger partial charge < -0.3 is 18.9 Å². The molecule has 0 amide bonds. The van der Waals surface area contributed by atoms with Gasteiger partial charge in [0.25, 0.3) is 0 Å². The minimum atomic E-state index is -1.50. The molecule has 0 radical (unpaired) electrons. The lowest BCUT2D eigenvalue weighted by Gasteiger charge is -2.27. The van der Waals surface area contributed by atoms with E-state index >= 15 is 0 Å². The van der Waals surface area contributed by atoms with Gasteiger partial charge in [0.2, 0.25) is 6.29 Å². The van der Waals surface area contributed by atoms with Gasteiger partial charge in [0.15, 0.2) is 17.1 Å². The Hall–Kier alpha value is -2.30. The zero-order valence-corrected chi connectivity index (χ0v) is 31.5. The number of ketones is 1. The van der Waals surface area contributed by atoms with Crippen LogP contribution in [0.1, 0.15) is 149 Å². The number of nitrogens with zero attached hydrogens (tertiary/aromatic N) is 2. The molecule has 1 aliphatic rings. The molecule has 278 valence electrons. The van der Waals surface area contributed by atoms with Gasteiger partial charge in [-0.15, -0.1) is 0 Å². The van der Waals surface area contributed by atoms with Crippen LogP contribution in [0.25, 0.3) is 0 Å². The largest absolute Gasteiger partial charge is 0.461 e. The van der Waals surface area contributed by atoms with Crippen LogP contribution >= 0.6 is 0 Å². The number of Topliss-reactive ketones (excluding diaryl/α,β-unsaturated/α-hetero) is 1. The van der Waals surface area contributed by atoms with Crippen LogP contribution in [0.15, 0.2) is 11.3 Å². The van der Waals surface area contributed by atoms with Crippen molar-refractivity contribution in [3.8, 4) is 0 Å². The second-order valence-corrected chi connectivity index (χ2v) is 14.1. The van der Waals surface area contributed by atoms with Gasteiger partial charge in [-0.1, -0.05) is 117 Å². The van der Waals surface area contributed by atoms with Crippen LogP contribution < -0.4 is 0 Å². The van der Waals surface area contributed by atoms with Crippen LogP contribution in [0.2, 0.25) is 0 Å². The third kappa shape index (κ3) is 19.0. The Morgan fingerprint density at radius 1 is 0.625 bits per heavy atom. The second kappa shape index (κ2) is 25.6. The van der Waals surface area contributed by atoms with Gasteiger partial charge in [-0.3, -0.25) is 29.0 Å². The molecule has 1 heterocycles. The molecule has 0 aromatic carbocycles. The van der Waals surface area contributed by atoms with Crippen LogP contribution in [-0.2, 0) is 38.1 Å². The number of ether oxygens (including phenoxy) is 4. The smallest absolute Gasteiger partial charge is 0.322 e. The summed E-state index contributed by atoms with van der Waals surface area (Å²) >= 11 is 0. The molecule has 2 atom stereocenters. The number of hydrogen-bond donors (Lipinski definition) is 0. The lowest BCUT2D eigenvalue weighted by atomic mass is 9.97. The van der Waals surface area contributed by atoms with E-state index in [4.69, 9.17) is 18.9 Å². The third-order valence-electron chi connectivity index (χ3n) is 8.47. The number of hydrogen-bond acceptors (Lipinski definition) is 10. The van der Waals surface area contributed by atoms with Crippen LogP contribution in [0.4, 0.5) is 0 Å². The highest BCUT2D eigenvalue weighted by molar-refractivity contribution is 5.98. The lowest BCUT2D eigenvalue weighted by molar-refractivity contribution is -0.196. The molecular formula is C38H68N2O8. The molecule has 0 saturated heterocycles. The van der Waals surface area contributed by atoms with Crippen LogP contribution in [0, 0.1) is 0 Å². The van der Waals surface area contributed by atoms with Crippen molar-refractivity contribution in [2.24, 2.45) is 0 Å². The maximum atomic E-state index is 13.8. The Labute approximate surface area is 291 Å². The summed E-state index contributed by atoms with van der Waals surface area (Å²) in [6.45, 7) is 5.73. The molecule has 1 unspecified atom stereocenters. The summed E-state index contributed by atoms with van der Waals surface area (Å²) in [4.78, 5) is 55.6. The molecule has 0 aromatic heterocycles. The summed E-state index contributed by atoms with van der Waals surface area (Å²) in [5, 5.41) is 0. The standard InChI is InChI=1S/C38H68N2O8/c1-8-10-12-14-16-18-20-22-24-26-31(41)35-36(46-32(42)27-25-23-21-19-17-15-13-11-9-2)38(3,30-45-33(43)28-39(4)5)48-37(35)47-34(44)29-40(6)7/h37H,8-30H2,1-7H3/t37-,38?/m1/s1. The molecule has 0 N–H and O–H groups in total. The highest BCUT2D eigenvalue weighted by atomic mass is 16.7. The van der Waals surface area contributed by atoms with E-state index in [0.29, 0.717) is 12.8 Å². The molecule has 10 nitrogen and oxygen atoms in total. The molecule has 0 aromatic rings. The van der Waals surface area contributed by atoms with E-state index in [9.17, 15) is 19.2 Å². The second-order valence-electron chi connectivity index (χ2n) is 14.1. The molecule has 10 heteroatoms. The van der Waals surface area contributed by atoms with E-state index in [1.807, 2.05) is 0 Å². The lowest BCUT2D eigenvalue weighted by Crippen LogP contribution is -2.39. The fourth-order valence-corrected chi connectivity index (χ4v) is 5.76. The highest BCUT2D eigenvalue weighted by Crippen LogP contribution is 2.39. The first-order valence-electron chi connectivity index (χ1n) is 18.7. The van der Waals surface area contributed by atoms with Gasteiger partial charge in [0, 0.05) is 12.8 Å². The van der Waals surface area contributed by atoms with E-state index in [1.165, 1.54) is 64.2 Å². The summed E-state index contributed by atoms with van der Waals surface area (Å²) in [6, 6.07) is 0. The Bertz CT molecular complexity index is 980. The minimum absolute atomic E-state index is 0.0215. The SMILES string of the molecule is CCCCCCCCCCCC(=O)OC1=C(C(=O)CCCCCCCCCCC)[C@H](OC(=O)CN(C)C)OC1(C)COC(=O)CN(C)C. The number of likely N-dealkylation sites (N-methyl/N-ethyl adjacent to an activating group) is 2. The van der Waals surface area contributed by atoms with Crippen LogP contribution in [0.5, 0.6) is 0 Å². The van der Waals surface area contributed by atoms with Gasteiger partial charge in [0.1, 0.15) is 12.2 Å². The summed E-state index contributed by atoms with van der Waals surface area (Å²) in [6.07, 6.45) is 18.9. The molecular weight excluding hydrogens is 612 g/mol. The average molecular weight is 681 g/mol. The first kappa shape index (κ1) is 43.7. The van der Waals surface area contributed by atoms with Crippen molar-refractivity contribution in [2.45, 2.75) is 161 Å². The van der Waals surface area contributed by atoms with E-state index in [1.54, 1.807) is 44.9 Å². The number of rotatable bonds is 29. The zero-order valence-electron chi connectivity index (χ0n) is 31.5. The van der Waals surface area contributed by atoms with Crippen LogP contribution in [-0.4, -0.2) is 93.3 Å². The zero-order chi connectivity index (χ0) is 35.8. The maximum absolute atomic E-state index is 13.8. The van der Waals surface area contributed by atoms with Crippen molar-refractivity contribution in [1.29, 1.82) is 0 Å². The molecule has 0 aliphatic carbocycles. The van der Waals surface area contributed by atoms with Crippen LogP contribution in [0.3, 0.4) is 0 Å². The Morgan fingerprint density at radius 3 is 1.54 bits per heavy atom. The monoisotopic (exact) mass is 680 g/mol. The van der Waals surface area contributed by atoms with Crippen molar-refractivity contribution < 1.29 is 38.1 Å². The minimum Gasteiger partial charge on any atom is -0.461 e. The van der Waals surface area contributed by atoms with E-state index in [2.05, 4.69) is 13.8 Å². The molecule has 0 bridgehead atoms. The van der Waals surface area contributed by atoms with Gasteiger partial charge in [0.05, 0.1) is 13.1 Å². The summed E-state index contributed by atoms with van der Waals surface area (Å²) < 4.78 is 23.3.